The van der Waals surface area contributed by atoms with Gasteiger partial charge in [-0.05, 0) is 31.2 Å². The van der Waals surface area contributed by atoms with Gasteiger partial charge in [0.05, 0.1) is 11.4 Å². The fourth-order valence-corrected chi connectivity index (χ4v) is 2.77. The van der Waals surface area contributed by atoms with Crippen molar-refractivity contribution in [3.05, 3.63) is 67.0 Å². The van der Waals surface area contributed by atoms with Crippen molar-refractivity contribution in [3.63, 3.8) is 0 Å². The summed E-state index contributed by atoms with van der Waals surface area (Å²) >= 11 is 0. The average Bonchev–Trinajstić information content (AvgIpc) is 2.89. The minimum absolute atomic E-state index is 0.258. The highest BCUT2D eigenvalue weighted by molar-refractivity contribution is 5.74. The molecule has 108 valence electrons. The van der Waals surface area contributed by atoms with E-state index < -0.39 is 0 Å². The Kier molecular flexibility index (Phi) is 3.57. The molecule has 0 saturated heterocycles. The van der Waals surface area contributed by atoms with E-state index in [-0.39, 0.29) is 6.17 Å². The molecule has 1 heterocycles. The Morgan fingerprint density at radius 1 is 0.810 bits per heavy atom. The zero-order valence-electron chi connectivity index (χ0n) is 12.8. The lowest BCUT2D eigenvalue weighted by molar-refractivity contribution is 0.749. The minimum atomic E-state index is 0.258. The Labute approximate surface area is 126 Å². The largest absolute Gasteiger partial charge is 0.376 e. The lowest BCUT2D eigenvalue weighted by Crippen LogP contribution is -2.36. The van der Waals surface area contributed by atoms with E-state index in [0.29, 0.717) is 0 Å². The van der Waals surface area contributed by atoms with E-state index in [4.69, 9.17) is 0 Å². The zero-order valence-corrected chi connectivity index (χ0v) is 12.8. The van der Waals surface area contributed by atoms with E-state index >= 15 is 0 Å². The maximum atomic E-state index is 2.31. The van der Waals surface area contributed by atoms with Crippen LogP contribution in [0.25, 0.3) is 0 Å². The van der Waals surface area contributed by atoms with E-state index in [0.717, 1.165) is 0 Å². The molecule has 3 heteroatoms. The standard InChI is InChI=1S/C18H21N3/c1-15-20(16-9-5-4-6-10-16)13-14-21(15)18-12-8-7-11-17(18)19(2)3/h4-15H,1-3H3. The van der Waals surface area contributed by atoms with Gasteiger partial charge in [0.2, 0.25) is 0 Å². The monoisotopic (exact) mass is 279 g/mol. The van der Waals surface area contributed by atoms with Gasteiger partial charge in [0.25, 0.3) is 0 Å². The van der Waals surface area contributed by atoms with Crippen LogP contribution in [0.1, 0.15) is 6.92 Å². The quantitative estimate of drug-likeness (QED) is 0.843. The zero-order chi connectivity index (χ0) is 14.8. The molecule has 3 nitrogen and oxygen atoms in total. The van der Waals surface area contributed by atoms with E-state index in [2.05, 4.69) is 96.6 Å². The summed E-state index contributed by atoms with van der Waals surface area (Å²) in [7, 11) is 4.16. The first kappa shape index (κ1) is 13.6. The number of para-hydroxylation sites is 3. The topological polar surface area (TPSA) is 9.72 Å². The molecule has 0 N–H and O–H groups in total. The lowest BCUT2D eigenvalue weighted by atomic mass is 10.2. The summed E-state index contributed by atoms with van der Waals surface area (Å²) in [6.45, 7) is 2.22. The summed E-state index contributed by atoms with van der Waals surface area (Å²) in [4.78, 5) is 6.75. The van der Waals surface area contributed by atoms with Gasteiger partial charge < -0.3 is 14.7 Å². The molecule has 2 aromatic rings. The Hall–Kier alpha value is -2.42. The number of rotatable bonds is 3. The molecule has 0 bridgehead atoms. The van der Waals surface area contributed by atoms with Crippen LogP contribution >= 0.6 is 0 Å². The van der Waals surface area contributed by atoms with E-state index in [1.165, 1.54) is 17.1 Å². The Morgan fingerprint density at radius 3 is 2.14 bits per heavy atom. The Morgan fingerprint density at radius 2 is 1.43 bits per heavy atom. The van der Waals surface area contributed by atoms with Crippen LogP contribution in [0.4, 0.5) is 17.1 Å². The summed E-state index contributed by atoms with van der Waals surface area (Å²) < 4.78 is 0. The second kappa shape index (κ2) is 5.52. The first-order valence-electron chi connectivity index (χ1n) is 7.25. The number of nitrogens with zero attached hydrogens (tertiary/aromatic N) is 3. The van der Waals surface area contributed by atoms with E-state index in [9.17, 15) is 0 Å². The molecule has 0 aromatic heterocycles. The van der Waals surface area contributed by atoms with E-state index in [1.807, 2.05) is 6.07 Å². The van der Waals surface area contributed by atoms with Crippen molar-refractivity contribution < 1.29 is 0 Å². The van der Waals surface area contributed by atoms with Gasteiger partial charge in [-0.2, -0.15) is 0 Å². The predicted molar refractivity (Wildman–Crippen MR) is 90.8 cm³/mol. The molecule has 3 rings (SSSR count). The van der Waals surface area contributed by atoms with Crippen LogP contribution in [-0.2, 0) is 0 Å². The summed E-state index contributed by atoms with van der Waals surface area (Å²) in [5, 5.41) is 0. The van der Waals surface area contributed by atoms with Crippen LogP contribution in [0.5, 0.6) is 0 Å². The third-order valence-electron chi connectivity index (χ3n) is 3.89. The fourth-order valence-electron chi connectivity index (χ4n) is 2.77. The normalized spacial score (nSPS) is 17.4. The van der Waals surface area contributed by atoms with Gasteiger partial charge >= 0.3 is 0 Å². The molecule has 0 aliphatic carbocycles. The summed E-state index contributed by atoms with van der Waals surface area (Å²) in [6, 6.07) is 19.0. The minimum Gasteiger partial charge on any atom is -0.376 e. The molecule has 1 unspecified atom stereocenters. The van der Waals surface area contributed by atoms with Crippen LogP contribution in [-0.4, -0.2) is 20.3 Å². The fraction of sp³-hybridized carbons (Fsp3) is 0.222. The van der Waals surface area contributed by atoms with Crippen LogP contribution < -0.4 is 14.7 Å². The third kappa shape index (κ3) is 2.47. The van der Waals surface area contributed by atoms with Crippen molar-refractivity contribution >= 4 is 17.1 Å². The highest BCUT2D eigenvalue weighted by Crippen LogP contribution is 2.34. The van der Waals surface area contributed by atoms with Crippen LogP contribution in [0.2, 0.25) is 0 Å². The van der Waals surface area contributed by atoms with Crippen LogP contribution in [0.15, 0.2) is 67.0 Å². The highest BCUT2D eigenvalue weighted by atomic mass is 15.4. The maximum Gasteiger partial charge on any atom is 0.107 e. The Balaban J connectivity index is 1.92. The van der Waals surface area contributed by atoms with Crippen molar-refractivity contribution in [2.24, 2.45) is 0 Å². The highest BCUT2D eigenvalue weighted by Gasteiger charge is 2.25. The average molecular weight is 279 g/mol. The van der Waals surface area contributed by atoms with Gasteiger partial charge in [-0.15, -0.1) is 0 Å². The molecule has 0 fully saturated rings. The van der Waals surface area contributed by atoms with Crippen molar-refractivity contribution in [1.82, 2.24) is 0 Å². The van der Waals surface area contributed by atoms with Crippen molar-refractivity contribution in [2.45, 2.75) is 13.1 Å². The molecular weight excluding hydrogens is 258 g/mol. The molecule has 2 aromatic carbocycles. The molecular formula is C18H21N3. The van der Waals surface area contributed by atoms with Gasteiger partial charge in [0.15, 0.2) is 0 Å². The smallest absolute Gasteiger partial charge is 0.107 e. The van der Waals surface area contributed by atoms with E-state index in [1.54, 1.807) is 0 Å². The number of benzene rings is 2. The molecule has 0 saturated carbocycles. The molecule has 0 spiro atoms. The molecule has 21 heavy (non-hydrogen) atoms. The van der Waals surface area contributed by atoms with Crippen molar-refractivity contribution in [2.75, 3.05) is 28.8 Å². The van der Waals surface area contributed by atoms with Gasteiger partial charge in [-0.1, -0.05) is 30.3 Å². The maximum absolute atomic E-state index is 2.31. The lowest BCUT2D eigenvalue weighted by Gasteiger charge is -2.32. The summed E-state index contributed by atoms with van der Waals surface area (Å²) in [6.07, 6.45) is 4.56. The van der Waals surface area contributed by atoms with Crippen LogP contribution in [0.3, 0.4) is 0 Å². The third-order valence-corrected chi connectivity index (χ3v) is 3.89. The molecule has 0 radical (unpaired) electrons. The second-order valence-corrected chi connectivity index (χ2v) is 5.46. The summed E-state index contributed by atoms with van der Waals surface area (Å²) in [5.41, 5.74) is 3.67. The summed E-state index contributed by atoms with van der Waals surface area (Å²) in [5.74, 6) is 0. The molecule has 1 aliphatic heterocycles. The van der Waals surface area contributed by atoms with Gasteiger partial charge in [0, 0.05) is 32.2 Å². The first-order valence-corrected chi connectivity index (χ1v) is 7.25. The van der Waals surface area contributed by atoms with Gasteiger partial charge in [-0.25, -0.2) is 0 Å². The first-order chi connectivity index (χ1) is 10.2. The molecule has 1 atom stereocenters. The predicted octanol–water partition coefficient (Wildman–Crippen LogP) is 3.90. The number of anilines is 3. The second-order valence-electron chi connectivity index (χ2n) is 5.46. The van der Waals surface area contributed by atoms with Crippen LogP contribution in [0, 0.1) is 0 Å². The van der Waals surface area contributed by atoms with Crippen molar-refractivity contribution in [1.29, 1.82) is 0 Å². The molecule has 0 amide bonds. The Bertz CT molecular complexity index is 634. The van der Waals surface area contributed by atoms with Gasteiger partial charge in [-0.3, -0.25) is 0 Å². The van der Waals surface area contributed by atoms with Gasteiger partial charge in [0.1, 0.15) is 6.17 Å². The number of hydrogen-bond acceptors (Lipinski definition) is 3. The van der Waals surface area contributed by atoms with Crippen molar-refractivity contribution in [3.8, 4) is 0 Å². The molecule has 1 aliphatic rings. The SMILES string of the molecule is CC1N(c2ccccc2)C=CN1c1ccccc1N(C)C. The number of hydrogen-bond donors (Lipinski definition) is 0.